The number of hydrogen-bond acceptors (Lipinski definition) is 9. The van der Waals surface area contributed by atoms with Crippen LogP contribution in [0, 0.1) is 5.92 Å². The van der Waals surface area contributed by atoms with Crippen LogP contribution < -0.4 is 5.32 Å². The fraction of sp³-hybridized carbons (Fsp3) is 0.333. The van der Waals surface area contributed by atoms with Crippen molar-refractivity contribution in [3.63, 3.8) is 0 Å². The third-order valence-corrected chi connectivity index (χ3v) is 5.43. The molecule has 0 spiro atoms. The molecule has 0 saturated carbocycles. The fourth-order valence-electron chi connectivity index (χ4n) is 3.02. The van der Waals surface area contributed by atoms with E-state index in [-0.39, 0.29) is 22.7 Å². The highest BCUT2D eigenvalue weighted by Crippen LogP contribution is 2.35. The molecule has 1 atom stereocenters. The molecule has 2 aromatic rings. The molecular formula is C18H17N3O6S. The Labute approximate surface area is 163 Å². The molecule has 0 aromatic carbocycles. The minimum absolute atomic E-state index is 0.0283. The molecule has 4 rings (SSSR count). The van der Waals surface area contributed by atoms with Gasteiger partial charge in [0.05, 0.1) is 6.26 Å². The van der Waals surface area contributed by atoms with E-state index < -0.39 is 12.0 Å². The van der Waals surface area contributed by atoms with E-state index in [2.05, 4.69) is 15.5 Å². The number of thiazole rings is 1. The maximum absolute atomic E-state index is 13.0. The highest BCUT2D eigenvalue weighted by atomic mass is 32.1. The van der Waals surface area contributed by atoms with E-state index in [1.807, 2.05) is 0 Å². The fourth-order valence-corrected chi connectivity index (χ4v) is 4.01. The lowest BCUT2D eigenvalue weighted by atomic mass is 9.94. The number of hydrogen-bond donors (Lipinski definition) is 2. The van der Waals surface area contributed by atoms with E-state index in [0.717, 1.165) is 11.3 Å². The van der Waals surface area contributed by atoms with Crippen molar-refractivity contribution < 1.29 is 28.7 Å². The van der Waals surface area contributed by atoms with Crippen LogP contribution in [0.3, 0.4) is 0 Å². The van der Waals surface area contributed by atoms with E-state index in [0.29, 0.717) is 42.4 Å². The second-order valence-electron chi connectivity index (χ2n) is 6.25. The van der Waals surface area contributed by atoms with Crippen molar-refractivity contribution in [1.82, 2.24) is 4.98 Å². The highest BCUT2D eigenvalue weighted by molar-refractivity contribution is 7.18. The number of amides is 1. The first-order valence-electron chi connectivity index (χ1n) is 8.70. The normalized spacial score (nSPS) is 21.0. The van der Waals surface area contributed by atoms with Gasteiger partial charge in [-0.25, -0.2) is 4.98 Å². The highest BCUT2D eigenvalue weighted by Gasteiger charge is 2.30. The molecule has 9 nitrogen and oxygen atoms in total. The van der Waals surface area contributed by atoms with Gasteiger partial charge in [0.25, 0.3) is 11.8 Å². The van der Waals surface area contributed by atoms with E-state index in [9.17, 15) is 9.59 Å². The molecular weight excluding hydrogens is 386 g/mol. The zero-order valence-corrected chi connectivity index (χ0v) is 15.5. The number of carbonyl (C=O) groups excluding carboxylic acids is 2. The SMILES string of the molecule is O=C(c1sc(NC(=O)C2C=CC(=NO)O2)nc1-c1ccco1)C1CCOCC1. The van der Waals surface area contributed by atoms with Crippen molar-refractivity contribution >= 4 is 34.1 Å². The van der Waals surface area contributed by atoms with Crippen molar-refractivity contribution in [2.24, 2.45) is 11.1 Å². The number of rotatable bonds is 5. The summed E-state index contributed by atoms with van der Waals surface area (Å²) in [5.74, 6) is -0.250. The molecule has 2 aliphatic rings. The van der Waals surface area contributed by atoms with E-state index in [4.69, 9.17) is 19.1 Å². The van der Waals surface area contributed by atoms with Gasteiger partial charge >= 0.3 is 0 Å². The zero-order chi connectivity index (χ0) is 19.5. The van der Waals surface area contributed by atoms with Crippen LogP contribution in [-0.4, -0.2) is 47.1 Å². The van der Waals surface area contributed by atoms with E-state index >= 15 is 0 Å². The largest absolute Gasteiger partial charge is 0.463 e. The average Bonchev–Trinajstić information content (AvgIpc) is 3.47. The maximum atomic E-state index is 13.0. The van der Waals surface area contributed by atoms with Gasteiger partial charge in [-0.3, -0.25) is 14.9 Å². The molecule has 1 fully saturated rings. The van der Waals surface area contributed by atoms with Crippen molar-refractivity contribution in [3.05, 3.63) is 35.4 Å². The maximum Gasteiger partial charge on any atom is 0.271 e. The molecule has 1 saturated heterocycles. The minimum Gasteiger partial charge on any atom is -0.463 e. The summed E-state index contributed by atoms with van der Waals surface area (Å²) >= 11 is 1.10. The molecule has 1 unspecified atom stereocenters. The van der Waals surface area contributed by atoms with Crippen LogP contribution in [0.4, 0.5) is 5.13 Å². The van der Waals surface area contributed by atoms with Crippen molar-refractivity contribution in [1.29, 1.82) is 0 Å². The Morgan fingerprint density at radius 2 is 2.14 bits per heavy atom. The number of anilines is 1. The first-order valence-corrected chi connectivity index (χ1v) is 9.52. The second-order valence-corrected chi connectivity index (χ2v) is 7.25. The molecule has 2 aliphatic heterocycles. The number of furan rings is 1. The first kappa shape index (κ1) is 18.4. The number of ether oxygens (including phenoxy) is 2. The molecule has 4 heterocycles. The topological polar surface area (TPSA) is 123 Å². The quantitative estimate of drug-likeness (QED) is 0.447. The number of oxime groups is 1. The number of ketones is 1. The predicted molar refractivity (Wildman–Crippen MR) is 99.6 cm³/mol. The van der Waals surface area contributed by atoms with Crippen LogP contribution in [0.25, 0.3) is 11.5 Å². The standard InChI is InChI=1S/C18H17N3O6S/c22-15(10-5-8-25-9-6-10)16-14(11-2-1-7-26-11)19-18(28-16)20-17(23)12-3-4-13(21-24)27-12/h1-4,7,10,12,24H,5-6,8-9H2,(H,19,20,23). The number of nitrogens with zero attached hydrogens (tertiary/aromatic N) is 2. The Morgan fingerprint density at radius 1 is 1.32 bits per heavy atom. The molecule has 2 N–H and O–H groups in total. The third kappa shape index (κ3) is 3.69. The lowest BCUT2D eigenvalue weighted by Crippen LogP contribution is -2.27. The summed E-state index contributed by atoms with van der Waals surface area (Å²) in [7, 11) is 0. The monoisotopic (exact) mass is 403 g/mol. The minimum atomic E-state index is -0.934. The molecule has 10 heteroatoms. The molecule has 0 radical (unpaired) electrons. The Hall–Kier alpha value is -2.98. The van der Waals surface area contributed by atoms with Gasteiger partial charge in [0.15, 0.2) is 22.8 Å². The summed E-state index contributed by atoms with van der Waals surface area (Å²) in [5, 5.41) is 14.5. The van der Waals surface area contributed by atoms with Crippen LogP contribution in [0.15, 0.2) is 40.1 Å². The van der Waals surface area contributed by atoms with Crippen molar-refractivity contribution in [2.75, 3.05) is 18.5 Å². The number of carbonyl (C=O) groups is 2. The molecule has 28 heavy (non-hydrogen) atoms. The Morgan fingerprint density at radius 3 is 2.82 bits per heavy atom. The lowest BCUT2D eigenvalue weighted by molar-refractivity contribution is -0.121. The van der Waals surface area contributed by atoms with E-state index in [1.54, 1.807) is 12.1 Å². The summed E-state index contributed by atoms with van der Waals surface area (Å²) in [6, 6.07) is 3.43. The van der Waals surface area contributed by atoms with Gasteiger partial charge in [0.1, 0.15) is 10.6 Å². The van der Waals surface area contributed by atoms with Crippen LogP contribution >= 0.6 is 11.3 Å². The van der Waals surface area contributed by atoms with Crippen LogP contribution in [-0.2, 0) is 14.3 Å². The number of aromatic nitrogens is 1. The van der Waals surface area contributed by atoms with Crippen molar-refractivity contribution in [2.45, 2.75) is 18.9 Å². The molecule has 1 amide bonds. The Bertz CT molecular complexity index is 927. The smallest absolute Gasteiger partial charge is 0.271 e. The summed E-state index contributed by atoms with van der Waals surface area (Å²) < 4.78 is 15.9. The van der Waals surface area contributed by atoms with Gasteiger partial charge in [-0.1, -0.05) is 11.3 Å². The summed E-state index contributed by atoms with van der Waals surface area (Å²) in [4.78, 5) is 30.2. The Kier molecular flexibility index (Phi) is 5.22. The van der Waals surface area contributed by atoms with Crippen LogP contribution in [0.2, 0.25) is 0 Å². The number of nitrogens with one attached hydrogen (secondary N) is 1. The third-order valence-electron chi connectivity index (χ3n) is 4.45. The van der Waals surface area contributed by atoms with Gasteiger partial charge in [-0.15, -0.1) is 0 Å². The van der Waals surface area contributed by atoms with Crippen LogP contribution in [0.1, 0.15) is 22.5 Å². The summed E-state index contributed by atoms with van der Waals surface area (Å²) in [6.45, 7) is 1.10. The first-order chi connectivity index (χ1) is 13.7. The average molecular weight is 403 g/mol. The van der Waals surface area contributed by atoms with Crippen LogP contribution in [0.5, 0.6) is 0 Å². The molecule has 0 aliphatic carbocycles. The van der Waals surface area contributed by atoms with Gasteiger partial charge in [-0.2, -0.15) is 0 Å². The van der Waals surface area contributed by atoms with E-state index in [1.165, 1.54) is 18.4 Å². The molecule has 0 bridgehead atoms. The van der Waals surface area contributed by atoms with Gasteiger partial charge < -0.3 is 19.1 Å². The predicted octanol–water partition coefficient (Wildman–Crippen LogP) is 2.69. The zero-order valence-electron chi connectivity index (χ0n) is 14.7. The summed E-state index contributed by atoms with van der Waals surface area (Å²) in [6.07, 6.45) is 4.72. The number of Topliss-reactive ketones (excluding diaryl/α,β-unsaturated/α-hetero) is 1. The Balaban J connectivity index is 1.58. The lowest BCUT2D eigenvalue weighted by Gasteiger charge is -2.20. The molecule has 146 valence electrons. The van der Waals surface area contributed by atoms with Crippen molar-refractivity contribution in [3.8, 4) is 11.5 Å². The van der Waals surface area contributed by atoms with Gasteiger partial charge in [0.2, 0.25) is 0 Å². The van der Waals surface area contributed by atoms with Gasteiger partial charge in [-0.05, 0) is 36.2 Å². The summed E-state index contributed by atoms with van der Waals surface area (Å²) in [5.41, 5.74) is 0.405. The van der Waals surface area contributed by atoms with Gasteiger partial charge in [0, 0.05) is 25.2 Å². The molecule has 2 aromatic heterocycles. The second kappa shape index (κ2) is 7.95.